The molecule has 3 aromatic carbocycles. The van der Waals surface area contributed by atoms with Crippen LogP contribution in [0.25, 0.3) is 0 Å². The summed E-state index contributed by atoms with van der Waals surface area (Å²) in [6, 6.07) is 25.5. The lowest BCUT2D eigenvalue weighted by molar-refractivity contribution is 0.263. The highest BCUT2D eigenvalue weighted by Gasteiger charge is 2.23. The molecular formula is C26H26O4. The van der Waals surface area contributed by atoms with Crippen LogP contribution in [0, 0.1) is 0 Å². The Morgan fingerprint density at radius 3 is 1.67 bits per heavy atom. The molecule has 2 saturated heterocycles. The maximum absolute atomic E-state index is 5.79. The summed E-state index contributed by atoms with van der Waals surface area (Å²) in [6.45, 7) is 2.92. The summed E-state index contributed by atoms with van der Waals surface area (Å²) in [7, 11) is 0. The second kappa shape index (κ2) is 8.90. The maximum atomic E-state index is 5.79. The van der Waals surface area contributed by atoms with Crippen LogP contribution in [0.15, 0.2) is 72.8 Å². The lowest BCUT2D eigenvalue weighted by Crippen LogP contribution is -2.04. The van der Waals surface area contributed by atoms with Crippen molar-refractivity contribution in [3.63, 3.8) is 0 Å². The largest absolute Gasteiger partial charge is 0.491 e. The first-order valence-electron chi connectivity index (χ1n) is 10.5. The van der Waals surface area contributed by atoms with E-state index in [1.807, 2.05) is 18.2 Å². The fourth-order valence-electron chi connectivity index (χ4n) is 3.40. The molecule has 0 bridgehead atoms. The molecule has 4 heteroatoms. The third-order valence-electron chi connectivity index (χ3n) is 5.34. The van der Waals surface area contributed by atoms with E-state index < -0.39 is 0 Å². The number of ether oxygens (including phenoxy) is 4. The Morgan fingerprint density at radius 2 is 1.10 bits per heavy atom. The van der Waals surface area contributed by atoms with Gasteiger partial charge in [-0.15, -0.1) is 0 Å². The lowest BCUT2D eigenvalue weighted by atomic mass is 10.0. The molecule has 2 fully saturated rings. The first-order valence-corrected chi connectivity index (χ1v) is 10.5. The molecule has 30 heavy (non-hydrogen) atoms. The van der Waals surface area contributed by atoms with Crippen LogP contribution in [-0.2, 0) is 22.3 Å². The van der Waals surface area contributed by atoms with Crippen molar-refractivity contribution in [1.29, 1.82) is 0 Å². The van der Waals surface area contributed by atoms with Gasteiger partial charge >= 0.3 is 0 Å². The molecule has 0 aromatic heterocycles. The number of epoxide rings is 2. The molecule has 5 rings (SSSR count). The van der Waals surface area contributed by atoms with Crippen molar-refractivity contribution in [3.8, 4) is 11.5 Å². The molecule has 0 aliphatic carbocycles. The van der Waals surface area contributed by atoms with Crippen LogP contribution in [0.4, 0.5) is 0 Å². The Balaban J connectivity index is 1.14. The fourth-order valence-corrected chi connectivity index (χ4v) is 3.40. The number of hydrogen-bond acceptors (Lipinski definition) is 4. The average Bonchev–Trinajstić information content (AvgIpc) is 3.69. The topological polar surface area (TPSA) is 43.5 Å². The van der Waals surface area contributed by atoms with Crippen molar-refractivity contribution in [1.82, 2.24) is 0 Å². The van der Waals surface area contributed by atoms with Crippen molar-refractivity contribution >= 4 is 0 Å². The Morgan fingerprint density at radius 1 is 0.600 bits per heavy atom. The van der Waals surface area contributed by atoms with Gasteiger partial charge in [0, 0.05) is 0 Å². The van der Waals surface area contributed by atoms with E-state index in [2.05, 4.69) is 54.6 Å². The number of benzene rings is 3. The minimum Gasteiger partial charge on any atom is -0.491 e. The Hall–Kier alpha value is -2.82. The zero-order chi connectivity index (χ0) is 20.2. The van der Waals surface area contributed by atoms with Gasteiger partial charge in [-0.25, -0.2) is 0 Å². The SMILES string of the molecule is c1cc(Cc2ccc(Cc3ccc(OCC4CO4)cc3)cc2)cc(OCC2CO2)c1. The summed E-state index contributed by atoms with van der Waals surface area (Å²) in [5, 5.41) is 0. The van der Waals surface area contributed by atoms with E-state index >= 15 is 0 Å². The summed E-state index contributed by atoms with van der Waals surface area (Å²) in [5.74, 6) is 1.82. The van der Waals surface area contributed by atoms with Gasteiger partial charge in [-0.3, -0.25) is 0 Å². The average molecular weight is 402 g/mol. The molecule has 0 spiro atoms. The van der Waals surface area contributed by atoms with Crippen LogP contribution in [0.2, 0.25) is 0 Å². The lowest BCUT2D eigenvalue weighted by Gasteiger charge is -2.09. The minimum atomic E-state index is 0.280. The molecule has 0 amide bonds. The van der Waals surface area contributed by atoms with E-state index in [1.165, 1.54) is 22.3 Å². The van der Waals surface area contributed by atoms with Gasteiger partial charge in [0.15, 0.2) is 0 Å². The standard InChI is InChI=1S/C26H26O4/c1-2-22(14-24(3-1)28-16-26-18-30-26)13-20-6-4-19(5-7-20)12-21-8-10-23(11-9-21)27-15-25-17-29-25/h1-11,14,25-26H,12-13,15-18H2. The Labute approximate surface area is 177 Å². The molecule has 154 valence electrons. The first kappa shape index (κ1) is 19.2. The van der Waals surface area contributed by atoms with Crippen molar-refractivity contribution in [2.24, 2.45) is 0 Å². The van der Waals surface area contributed by atoms with E-state index in [4.69, 9.17) is 18.9 Å². The smallest absolute Gasteiger partial charge is 0.119 e. The third kappa shape index (κ3) is 5.62. The monoisotopic (exact) mass is 402 g/mol. The Bertz CT molecular complexity index is 957. The number of rotatable bonds is 10. The van der Waals surface area contributed by atoms with E-state index in [1.54, 1.807) is 0 Å². The molecular weight excluding hydrogens is 376 g/mol. The molecule has 2 aliphatic rings. The van der Waals surface area contributed by atoms with E-state index in [-0.39, 0.29) is 12.2 Å². The molecule has 4 nitrogen and oxygen atoms in total. The van der Waals surface area contributed by atoms with Crippen LogP contribution in [-0.4, -0.2) is 38.6 Å². The van der Waals surface area contributed by atoms with Gasteiger partial charge in [0.05, 0.1) is 13.2 Å². The summed E-state index contributed by atoms with van der Waals surface area (Å²) >= 11 is 0. The van der Waals surface area contributed by atoms with E-state index in [0.717, 1.165) is 37.6 Å². The molecule has 2 aliphatic heterocycles. The normalized spacial score (nSPS) is 19.3. The minimum absolute atomic E-state index is 0.280. The summed E-state index contributed by atoms with van der Waals surface area (Å²) in [5.41, 5.74) is 5.14. The first-order chi connectivity index (χ1) is 14.8. The third-order valence-corrected chi connectivity index (χ3v) is 5.34. The van der Waals surface area contributed by atoms with Crippen molar-refractivity contribution in [3.05, 3.63) is 95.1 Å². The van der Waals surface area contributed by atoms with E-state index in [9.17, 15) is 0 Å². The van der Waals surface area contributed by atoms with Gasteiger partial charge in [-0.1, -0.05) is 48.5 Å². The van der Waals surface area contributed by atoms with Crippen LogP contribution in [0.5, 0.6) is 11.5 Å². The quantitative estimate of drug-likeness (QED) is 0.471. The molecule has 3 aromatic rings. The fraction of sp³-hybridized carbons (Fsp3) is 0.308. The molecule has 2 unspecified atom stereocenters. The van der Waals surface area contributed by atoms with Crippen LogP contribution in [0.3, 0.4) is 0 Å². The highest BCUT2D eigenvalue weighted by atomic mass is 16.6. The van der Waals surface area contributed by atoms with Crippen LogP contribution < -0.4 is 9.47 Å². The number of hydrogen-bond donors (Lipinski definition) is 0. The van der Waals surface area contributed by atoms with Gasteiger partial charge in [-0.2, -0.15) is 0 Å². The van der Waals surface area contributed by atoms with Gasteiger partial charge in [0.1, 0.15) is 36.9 Å². The second-order valence-corrected chi connectivity index (χ2v) is 7.99. The van der Waals surface area contributed by atoms with Crippen molar-refractivity contribution in [2.75, 3.05) is 26.4 Å². The molecule has 0 N–H and O–H groups in total. The summed E-state index contributed by atoms with van der Waals surface area (Å²) in [4.78, 5) is 0. The molecule has 2 atom stereocenters. The predicted molar refractivity (Wildman–Crippen MR) is 115 cm³/mol. The maximum Gasteiger partial charge on any atom is 0.119 e. The van der Waals surface area contributed by atoms with E-state index in [0.29, 0.717) is 13.2 Å². The van der Waals surface area contributed by atoms with Gasteiger partial charge in [0.25, 0.3) is 0 Å². The van der Waals surface area contributed by atoms with Crippen molar-refractivity contribution < 1.29 is 18.9 Å². The predicted octanol–water partition coefficient (Wildman–Crippen LogP) is 4.42. The zero-order valence-electron chi connectivity index (χ0n) is 17.0. The van der Waals surface area contributed by atoms with Crippen LogP contribution >= 0.6 is 0 Å². The summed E-state index contributed by atoms with van der Waals surface area (Å²) in [6.07, 6.45) is 2.38. The van der Waals surface area contributed by atoms with Gasteiger partial charge in [0.2, 0.25) is 0 Å². The van der Waals surface area contributed by atoms with Crippen molar-refractivity contribution in [2.45, 2.75) is 25.0 Å². The van der Waals surface area contributed by atoms with Gasteiger partial charge in [-0.05, 0) is 59.4 Å². The zero-order valence-corrected chi connectivity index (χ0v) is 17.0. The van der Waals surface area contributed by atoms with Gasteiger partial charge < -0.3 is 18.9 Å². The molecule has 0 radical (unpaired) electrons. The molecule has 0 saturated carbocycles. The highest BCUT2D eigenvalue weighted by molar-refractivity contribution is 5.36. The Kier molecular flexibility index (Phi) is 5.69. The molecule has 2 heterocycles. The van der Waals surface area contributed by atoms with Crippen LogP contribution in [0.1, 0.15) is 22.3 Å². The second-order valence-electron chi connectivity index (χ2n) is 7.99. The summed E-state index contributed by atoms with van der Waals surface area (Å²) < 4.78 is 21.9. The highest BCUT2D eigenvalue weighted by Crippen LogP contribution is 2.21.